The van der Waals surface area contributed by atoms with Crippen molar-refractivity contribution in [1.29, 1.82) is 5.41 Å². The summed E-state index contributed by atoms with van der Waals surface area (Å²) in [6, 6.07) is 7.21. The highest BCUT2D eigenvalue weighted by Gasteiger charge is 1.95. The van der Waals surface area contributed by atoms with Gasteiger partial charge in [0.2, 0.25) is 0 Å². The van der Waals surface area contributed by atoms with Crippen LogP contribution in [0.2, 0.25) is 5.02 Å². The zero-order chi connectivity index (χ0) is 10.4. The van der Waals surface area contributed by atoms with Crippen LogP contribution in [-0.2, 0) is 0 Å². The van der Waals surface area contributed by atoms with E-state index in [9.17, 15) is 0 Å². The Bertz CT molecular complexity index is 319. The lowest BCUT2D eigenvalue weighted by molar-refractivity contribution is 0.344. The normalized spacial score (nSPS) is 9.79. The fourth-order valence-electron chi connectivity index (χ4n) is 0.868. The van der Waals surface area contributed by atoms with E-state index >= 15 is 0 Å². The number of nitrogens with two attached hydrogens (primary N) is 1. The van der Waals surface area contributed by atoms with Crippen LogP contribution in [-0.4, -0.2) is 17.5 Å². The van der Waals surface area contributed by atoms with Gasteiger partial charge in [0.25, 0.3) is 0 Å². The van der Waals surface area contributed by atoms with Crippen LogP contribution >= 0.6 is 23.4 Å². The third-order valence-corrected chi connectivity index (χ3v) is 2.32. The predicted octanol–water partition coefficient (Wildman–Crippen LogP) is 2.35. The Morgan fingerprint density at radius 3 is 3.00 bits per heavy atom. The molecular formula is C9H11ClN2OS. The van der Waals surface area contributed by atoms with E-state index in [2.05, 4.69) is 0 Å². The second kappa shape index (κ2) is 5.78. The molecule has 0 unspecified atom stereocenters. The van der Waals surface area contributed by atoms with E-state index in [4.69, 9.17) is 27.5 Å². The molecule has 14 heavy (non-hydrogen) atoms. The molecule has 0 aliphatic heterocycles. The molecular weight excluding hydrogens is 220 g/mol. The summed E-state index contributed by atoms with van der Waals surface area (Å²) >= 11 is 7.03. The number of hydrogen-bond donors (Lipinski definition) is 2. The van der Waals surface area contributed by atoms with Crippen LogP contribution in [0.15, 0.2) is 24.3 Å². The van der Waals surface area contributed by atoms with E-state index in [1.807, 2.05) is 12.1 Å². The van der Waals surface area contributed by atoms with Crippen LogP contribution in [0.1, 0.15) is 0 Å². The SMILES string of the molecule is N=C(N)SCCOc1cccc(Cl)c1. The lowest BCUT2D eigenvalue weighted by Gasteiger charge is -2.05. The molecule has 0 heterocycles. The monoisotopic (exact) mass is 230 g/mol. The second-order valence-electron chi connectivity index (χ2n) is 2.52. The molecule has 0 radical (unpaired) electrons. The highest BCUT2D eigenvalue weighted by Crippen LogP contribution is 2.17. The molecule has 3 N–H and O–H groups in total. The molecule has 0 aliphatic rings. The first-order valence-corrected chi connectivity index (χ1v) is 5.40. The first-order chi connectivity index (χ1) is 6.68. The molecule has 0 saturated heterocycles. The average Bonchev–Trinajstić information content (AvgIpc) is 2.12. The van der Waals surface area contributed by atoms with Crippen molar-refractivity contribution in [3.8, 4) is 5.75 Å². The Kier molecular flexibility index (Phi) is 4.62. The van der Waals surface area contributed by atoms with Gasteiger partial charge in [-0.25, -0.2) is 0 Å². The highest BCUT2D eigenvalue weighted by molar-refractivity contribution is 8.13. The van der Waals surface area contributed by atoms with Crippen LogP contribution in [0.3, 0.4) is 0 Å². The summed E-state index contributed by atoms with van der Waals surface area (Å²) in [6.45, 7) is 0.518. The van der Waals surface area contributed by atoms with Crippen molar-refractivity contribution in [2.24, 2.45) is 5.73 Å². The molecule has 0 aromatic heterocycles. The zero-order valence-electron chi connectivity index (χ0n) is 7.50. The van der Waals surface area contributed by atoms with Gasteiger partial charge in [0.05, 0.1) is 6.61 Å². The van der Waals surface area contributed by atoms with Crippen molar-refractivity contribution in [3.05, 3.63) is 29.3 Å². The fraction of sp³-hybridized carbons (Fsp3) is 0.222. The first-order valence-electron chi connectivity index (χ1n) is 4.03. The molecule has 0 aliphatic carbocycles. The Morgan fingerprint density at radius 2 is 2.36 bits per heavy atom. The fourth-order valence-corrected chi connectivity index (χ4v) is 1.43. The van der Waals surface area contributed by atoms with Gasteiger partial charge >= 0.3 is 0 Å². The molecule has 76 valence electrons. The lowest BCUT2D eigenvalue weighted by atomic mass is 10.3. The maximum atomic E-state index is 6.98. The van der Waals surface area contributed by atoms with Gasteiger partial charge in [-0.1, -0.05) is 29.4 Å². The Balaban J connectivity index is 2.28. The third-order valence-electron chi connectivity index (χ3n) is 1.41. The van der Waals surface area contributed by atoms with Crippen LogP contribution < -0.4 is 10.5 Å². The van der Waals surface area contributed by atoms with Gasteiger partial charge in [0.15, 0.2) is 5.17 Å². The number of thioether (sulfide) groups is 1. The minimum atomic E-state index is 0.111. The van der Waals surface area contributed by atoms with Gasteiger partial charge < -0.3 is 10.5 Å². The predicted molar refractivity (Wildman–Crippen MR) is 61.3 cm³/mol. The van der Waals surface area contributed by atoms with Gasteiger partial charge in [-0.05, 0) is 18.2 Å². The topological polar surface area (TPSA) is 59.1 Å². The lowest BCUT2D eigenvalue weighted by Crippen LogP contribution is -2.08. The maximum Gasteiger partial charge on any atom is 0.151 e. The number of halogens is 1. The Morgan fingerprint density at radius 1 is 1.57 bits per heavy atom. The molecule has 1 aromatic rings. The minimum absolute atomic E-state index is 0.111. The molecule has 0 saturated carbocycles. The van der Waals surface area contributed by atoms with Crippen LogP contribution in [0, 0.1) is 5.41 Å². The molecule has 0 fully saturated rings. The van der Waals surface area contributed by atoms with Crippen molar-refractivity contribution in [2.45, 2.75) is 0 Å². The number of rotatable bonds is 4. The van der Waals surface area contributed by atoms with Gasteiger partial charge in [0.1, 0.15) is 5.75 Å². The van der Waals surface area contributed by atoms with E-state index in [-0.39, 0.29) is 5.17 Å². The average molecular weight is 231 g/mol. The van der Waals surface area contributed by atoms with E-state index in [0.29, 0.717) is 17.4 Å². The standard InChI is InChI=1S/C9H11ClN2OS/c10-7-2-1-3-8(6-7)13-4-5-14-9(11)12/h1-3,6H,4-5H2,(H3,11,12). The molecule has 5 heteroatoms. The molecule has 0 atom stereocenters. The summed E-state index contributed by atoms with van der Waals surface area (Å²) in [5, 5.41) is 7.74. The zero-order valence-corrected chi connectivity index (χ0v) is 9.07. The first kappa shape index (κ1) is 11.2. The summed E-state index contributed by atoms with van der Waals surface area (Å²) in [5.74, 6) is 1.41. The molecule has 1 aromatic carbocycles. The van der Waals surface area contributed by atoms with Gasteiger partial charge in [-0.2, -0.15) is 0 Å². The summed E-state index contributed by atoms with van der Waals surface area (Å²) in [5.41, 5.74) is 5.17. The summed E-state index contributed by atoms with van der Waals surface area (Å²) in [7, 11) is 0. The molecule has 0 spiro atoms. The molecule has 3 nitrogen and oxygen atoms in total. The summed E-state index contributed by atoms with van der Waals surface area (Å²) in [6.07, 6.45) is 0. The molecule has 1 rings (SSSR count). The molecule has 0 bridgehead atoms. The van der Waals surface area contributed by atoms with Crippen LogP contribution in [0.4, 0.5) is 0 Å². The number of nitrogens with one attached hydrogen (secondary N) is 1. The van der Waals surface area contributed by atoms with Crippen LogP contribution in [0.25, 0.3) is 0 Å². The minimum Gasteiger partial charge on any atom is -0.493 e. The largest absolute Gasteiger partial charge is 0.493 e. The highest BCUT2D eigenvalue weighted by atomic mass is 35.5. The maximum absolute atomic E-state index is 6.98. The quantitative estimate of drug-likeness (QED) is 0.474. The molecule has 0 amide bonds. The Hall–Kier alpha value is -0.870. The van der Waals surface area contributed by atoms with Crippen LogP contribution in [0.5, 0.6) is 5.75 Å². The third kappa shape index (κ3) is 4.39. The number of amidine groups is 1. The summed E-state index contributed by atoms with van der Waals surface area (Å²) < 4.78 is 5.38. The van der Waals surface area contributed by atoms with Crippen molar-refractivity contribution in [2.75, 3.05) is 12.4 Å². The van der Waals surface area contributed by atoms with E-state index in [0.717, 1.165) is 5.75 Å². The van der Waals surface area contributed by atoms with Gasteiger partial charge in [0, 0.05) is 10.8 Å². The number of hydrogen-bond acceptors (Lipinski definition) is 3. The van der Waals surface area contributed by atoms with Gasteiger partial charge in [-0.15, -0.1) is 0 Å². The van der Waals surface area contributed by atoms with Crippen molar-refractivity contribution < 1.29 is 4.74 Å². The van der Waals surface area contributed by atoms with E-state index in [1.54, 1.807) is 12.1 Å². The van der Waals surface area contributed by atoms with E-state index < -0.39 is 0 Å². The van der Waals surface area contributed by atoms with E-state index in [1.165, 1.54) is 11.8 Å². The summed E-state index contributed by atoms with van der Waals surface area (Å²) in [4.78, 5) is 0. The number of ether oxygens (including phenoxy) is 1. The van der Waals surface area contributed by atoms with Gasteiger partial charge in [-0.3, -0.25) is 5.41 Å². The second-order valence-corrected chi connectivity index (χ2v) is 4.09. The van der Waals surface area contributed by atoms with Crippen molar-refractivity contribution in [1.82, 2.24) is 0 Å². The van der Waals surface area contributed by atoms with Crippen molar-refractivity contribution in [3.63, 3.8) is 0 Å². The Labute approximate surface area is 92.1 Å². The smallest absolute Gasteiger partial charge is 0.151 e. The van der Waals surface area contributed by atoms with Crippen molar-refractivity contribution >= 4 is 28.5 Å². The number of benzene rings is 1.